The molecule has 0 aliphatic carbocycles. The van der Waals surface area contributed by atoms with Crippen molar-refractivity contribution in [2.75, 3.05) is 17.7 Å². The first-order valence-corrected chi connectivity index (χ1v) is 9.21. The average Bonchev–Trinajstić information content (AvgIpc) is 2.65. The minimum Gasteiger partial charge on any atom is -0.452 e. The van der Waals surface area contributed by atoms with Crippen LogP contribution in [0.3, 0.4) is 0 Å². The number of ether oxygens (including phenoxy) is 1. The van der Waals surface area contributed by atoms with Gasteiger partial charge in [-0.1, -0.05) is 35.9 Å². The third-order valence-electron chi connectivity index (χ3n) is 3.16. The molecule has 0 bridgehead atoms. The molecule has 2 aromatic rings. The molecule has 0 aliphatic heterocycles. The molecule has 8 heteroatoms. The third kappa shape index (κ3) is 7.55. The second kappa shape index (κ2) is 10.4. The number of anilines is 1. The summed E-state index contributed by atoms with van der Waals surface area (Å²) in [6, 6.07) is 13.9. The van der Waals surface area contributed by atoms with E-state index in [0.717, 1.165) is 5.56 Å². The van der Waals surface area contributed by atoms with Gasteiger partial charge in [0.05, 0.1) is 11.4 Å². The SMILES string of the molecule is NC(=O)CSc1ccccc1NC(=O)COC(=O)/C=C/c1ccc(Cl)cc1. The molecule has 140 valence electrons. The second-order valence-electron chi connectivity index (χ2n) is 5.29. The lowest BCUT2D eigenvalue weighted by Crippen LogP contribution is -2.20. The second-order valence-corrected chi connectivity index (χ2v) is 6.75. The fourth-order valence-electron chi connectivity index (χ4n) is 1.95. The lowest BCUT2D eigenvalue weighted by molar-refractivity contribution is -0.142. The Morgan fingerprint density at radius 3 is 2.52 bits per heavy atom. The monoisotopic (exact) mass is 404 g/mol. The summed E-state index contributed by atoms with van der Waals surface area (Å²) in [5.41, 5.74) is 6.43. The van der Waals surface area contributed by atoms with Crippen LogP contribution in [0.1, 0.15) is 5.56 Å². The number of primary amides is 1. The molecule has 27 heavy (non-hydrogen) atoms. The minimum absolute atomic E-state index is 0.0946. The highest BCUT2D eigenvalue weighted by atomic mass is 35.5. The first-order chi connectivity index (χ1) is 12.9. The van der Waals surface area contributed by atoms with Gasteiger partial charge in [-0.25, -0.2) is 4.79 Å². The molecular formula is C19H17ClN2O4S. The third-order valence-corrected chi connectivity index (χ3v) is 4.51. The maximum Gasteiger partial charge on any atom is 0.331 e. The summed E-state index contributed by atoms with van der Waals surface area (Å²) >= 11 is 7.00. The fraction of sp³-hybridized carbons (Fsp3) is 0.105. The summed E-state index contributed by atoms with van der Waals surface area (Å²) < 4.78 is 4.91. The number of thioether (sulfide) groups is 1. The Kier molecular flexibility index (Phi) is 7.91. The summed E-state index contributed by atoms with van der Waals surface area (Å²) in [7, 11) is 0. The van der Waals surface area contributed by atoms with E-state index < -0.39 is 24.4 Å². The molecule has 0 spiro atoms. The number of halogens is 1. The summed E-state index contributed by atoms with van der Waals surface area (Å²) in [5, 5.41) is 3.24. The van der Waals surface area contributed by atoms with Crippen molar-refractivity contribution in [2.45, 2.75) is 4.90 Å². The molecule has 2 amide bonds. The van der Waals surface area contributed by atoms with E-state index >= 15 is 0 Å². The van der Waals surface area contributed by atoms with E-state index in [-0.39, 0.29) is 5.75 Å². The van der Waals surface area contributed by atoms with Gasteiger partial charge in [-0.2, -0.15) is 0 Å². The number of hydrogen-bond donors (Lipinski definition) is 2. The van der Waals surface area contributed by atoms with Crippen molar-refractivity contribution in [1.29, 1.82) is 0 Å². The number of nitrogens with two attached hydrogens (primary N) is 1. The number of nitrogens with one attached hydrogen (secondary N) is 1. The van der Waals surface area contributed by atoms with Crippen molar-refractivity contribution < 1.29 is 19.1 Å². The van der Waals surface area contributed by atoms with E-state index in [1.54, 1.807) is 54.6 Å². The molecule has 2 rings (SSSR count). The number of carbonyl (C=O) groups is 3. The van der Waals surface area contributed by atoms with Crippen molar-refractivity contribution in [2.24, 2.45) is 5.73 Å². The Balaban J connectivity index is 1.84. The zero-order chi connectivity index (χ0) is 19.6. The molecule has 0 atom stereocenters. The van der Waals surface area contributed by atoms with Gasteiger partial charge in [0.2, 0.25) is 5.91 Å². The highest BCUT2D eigenvalue weighted by molar-refractivity contribution is 8.00. The van der Waals surface area contributed by atoms with Gasteiger partial charge in [-0.15, -0.1) is 11.8 Å². The van der Waals surface area contributed by atoms with Crippen LogP contribution in [0.5, 0.6) is 0 Å². The van der Waals surface area contributed by atoms with Crippen molar-refractivity contribution in [3.63, 3.8) is 0 Å². The molecule has 0 saturated heterocycles. The minimum atomic E-state index is -0.642. The van der Waals surface area contributed by atoms with E-state index in [0.29, 0.717) is 15.6 Å². The standard InChI is InChI=1S/C19H17ClN2O4S/c20-14-8-5-13(6-9-14)7-10-19(25)26-11-18(24)22-15-3-1-2-4-16(15)27-12-17(21)23/h1-10H,11-12H2,(H2,21,23)(H,22,24)/b10-7+. The largest absolute Gasteiger partial charge is 0.452 e. The zero-order valence-electron chi connectivity index (χ0n) is 14.2. The molecule has 0 aliphatic rings. The Morgan fingerprint density at radius 2 is 1.81 bits per heavy atom. The quantitative estimate of drug-likeness (QED) is 0.400. The van der Waals surface area contributed by atoms with E-state index in [1.807, 2.05) is 0 Å². The summed E-state index contributed by atoms with van der Waals surface area (Å²) in [6.45, 7) is -0.432. The smallest absolute Gasteiger partial charge is 0.331 e. The van der Waals surface area contributed by atoms with E-state index in [2.05, 4.69) is 5.32 Å². The van der Waals surface area contributed by atoms with Gasteiger partial charge in [-0.05, 0) is 35.9 Å². The van der Waals surface area contributed by atoms with Crippen LogP contribution in [0.25, 0.3) is 6.08 Å². The van der Waals surface area contributed by atoms with E-state index in [9.17, 15) is 14.4 Å². The fourth-order valence-corrected chi connectivity index (χ4v) is 2.83. The summed E-state index contributed by atoms with van der Waals surface area (Å²) in [4.78, 5) is 35.3. The summed E-state index contributed by atoms with van der Waals surface area (Å²) in [5.74, 6) is -1.49. The van der Waals surface area contributed by atoms with Crippen LogP contribution in [-0.2, 0) is 19.1 Å². The summed E-state index contributed by atoms with van der Waals surface area (Å²) in [6.07, 6.45) is 2.79. The van der Waals surface area contributed by atoms with E-state index in [4.69, 9.17) is 22.1 Å². The molecule has 0 radical (unpaired) electrons. The predicted octanol–water partition coefficient (Wildman–Crippen LogP) is 3.11. The molecule has 2 aromatic carbocycles. The highest BCUT2D eigenvalue weighted by Gasteiger charge is 2.10. The van der Waals surface area contributed by atoms with Crippen LogP contribution < -0.4 is 11.1 Å². The highest BCUT2D eigenvalue weighted by Crippen LogP contribution is 2.26. The number of hydrogen-bond acceptors (Lipinski definition) is 5. The van der Waals surface area contributed by atoms with Crippen LogP contribution in [0, 0.1) is 0 Å². The van der Waals surface area contributed by atoms with Gasteiger partial charge < -0.3 is 15.8 Å². The van der Waals surface area contributed by atoms with Crippen LogP contribution in [0.2, 0.25) is 5.02 Å². The zero-order valence-corrected chi connectivity index (χ0v) is 15.8. The lowest BCUT2D eigenvalue weighted by atomic mass is 10.2. The Bertz CT molecular complexity index is 853. The van der Waals surface area contributed by atoms with Gasteiger partial charge in [0.15, 0.2) is 6.61 Å². The Labute approximate surface area is 165 Å². The van der Waals surface area contributed by atoms with Crippen LogP contribution in [0.15, 0.2) is 59.5 Å². The Morgan fingerprint density at radius 1 is 1.11 bits per heavy atom. The topological polar surface area (TPSA) is 98.5 Å². The molecule has 3 N–H and O–H groups in total. The van der Waals surface area contributed by atoms with Crippen molar-refractivity contribution in [3.05, 3.63) is 65.2 Å². The molecule has 0 fully saturated rings. The average molecular weight is 405 g/mol. The number of esters is 1. The lowest BCUT2D eigenvalue weighted by Gasteiger charge is -2.10. The van der Waals surface area contributed by atoms with Crippen molar-refractivity contribution in [1.82, 2.24) is 0 Å². The van der Waals surface area contributed by atoms with Gasteiger partial charge in [0.1, 0.15) is 0 Å². The Hall–Kier alpha value is -2.77. The van der Waals surface area contributed by atoms with Gasteiger partial charge in [0.25, 0.3) is 5.91 Å². The first kappa shape index (κ1) is 20.5. The molecule has 0 heterocycles. The molecular weight excluding hydrogens is 388 g/mol. The van der Waals surface area contributed by atoms with Gasteiger partial charge >= 0.3 is 5.97 Å². The van der Waals surface area contributed by atoms with Crippen LogP contribution in [0.4, 0.5) is 5.69 Å². The maximum atomic E-state index is 12.0. The van der Waals surface area contributed by atoms with Gasteiger partial charge in [-0.3, -0.25) is 9.59 Å². The molecule has 6 nitrogen and oxygen atoms in total. The normalized spacial score (nSPS) is 10.6. The van der Waals surface area contributed by atoms with E-state index in [1.165, 1.54) is 17.8 Å². The van der Waals surface area contributed by atoms with Crippen molar-refractivity contribution in [3.8, 4) is 0 Å². The molecule has 0 unspecified atom stereocenters. The molecule has 0 saturated carbocycles. The molecule has 0 aromatic heterocycles. The number of carbonyl (C=O) groups excluding carboxylic acids is 3. The van der Waals surface area contributed by atoms with Crippen LogP contribution in [-0.4, -0.2) is 30.1 Å². The van der Waals surface area contributed by atoms with Crippen LogP contribution >= 0.6 is 23.4 Å². The number of para-hydroxylation sites is 1. The maximum absolute atomic E-state index is 12.0. The number of benzene rings is 2. The number of amides is 2. The van der Waals surface area contributed by atoms with Gasteiger partial charge in [0, 0.05) is 16.0 Å². The first-order valence-electron chi connectivity index (χ1n) is 7.84. The number of rotatable bonds is 8. The van der Waals surface area contributed by atoms with Crippen molar-refractivity contribution >= 4 is 52.9 Å². The predicted molar refractivity (Wildman–Crippen MR) is 106 cm³/mol.